The summed E-state index contributed by atoms with van der Waals surface area (Å²) in [6.45, 7) is 11.2. The molecule has 0 aromatic carbocycles. The van der Waals surface area contributed by atoms with Crippen LogP contribution in [0, 0.1) is 19.3 Å². The molecule has 0 aliphatic heterocycles. The quantitative estimate of drug-likeness (QED) is 0.925. The van der Waals surface area contributed by atoms with Gasteiger partial charge in [0.2, 0.25) is 0 Å². The molecule has 0 saturated carbocycles. The number of nitrogens with zero attached hydrogens (tertiary/aromatic N) is 2. The molecule has 20 heavy (non-hydrogen) atoms. The van der Waals surface area contributed by atoms with E-state index < -0.39 is 0 Å². The molecule has 4 heteroatoms. The molecule has 0 radical (unpaired) electrons. The molecule has 2 aromatic heterocycles. The zero-order chi connectivity index (χ0) is 14.8. The van der Waals surface area contributed by atoms with E-state index in [1.54, 1.807) is 6.20 Å². The van der Waals surface area contributed by atoms with E-state index in [0.29, 0.717) is 12.4 Å². The molecule has 2 rings (SSSR count). The standard InChI is InChI=1S/C16H23N3O/c1-11-7-6-8-17-14(11)15(16(3,4)5)19-10-13-9-18-12(2)20-13/h6-9,15,19H,10H2,1-5H3. The molecular formula is C16H23N3O. The molecule has 1 atom stereocenters. The van der Waals surface area contributed by atoms with Gasteiger partial charge >= 0.3 is 0 Å². The third-order valence-electron chi connectivity index (χ3n) is 3.34. The third kappa shape index (κ3) is 3.45. The lowest BCUT2D eigenvalue weighted by Crippen LogP contribution is -2.33. The Bertz CT molecular complexity index is 569. The Kier molecular flexibility index (Phi) is 4.23. The van der Waals surface area contributed by atoms with E-state index in [2.05, 4.69) is 49.0 Å². The Morgan fingerprint density at radius 2 is 2.00 bits per heavy atom. The van der Waals surface area contributed by atoms with Gasteiger partial charge in [-0.2, -0.15) is 0 Å². The molecule has 0 aliphatic rings. The fourth-order valence-electron chi connectivity index (χ4n) is 2.30. The van der Waals surface area contributed by atoms with Gasteiger partial charge in [-0.05, 0) is 24.0 Å². The van der Waals surface area contributed by atoms with Crippen molar-refractivity contribution in [1.29, 1.82) is 0 Å². The molecule has 0 fully saturated rings. The number of aromatic nitrogens is 2. The van der Waals surface area contributed by atoms with E-state index in [9.17, 15) is 0 Å². The Hall–Kier alpha value is -1.68. The van der Waals surface area contributed by atoms with E-state index >= 15 is 0 Å². The monoisotopic (exact) mass is 273 g/mol. The number of aryl methyl sites for hydroxylation is 2. The molecule has 0 saturated heterocycles. The summed E-state index contributed by atoms with van der Waals surface area (Å²) in [5.41, 5.74) is 2.36. The zero-order valence-corrected chi connectivity index (χ0v) is 12.9. The maximum absolute atomic E-state index is 5.52. The molecule has 2 aromatic rings. The van der Waals surface area contributed by atoms with Gasteiger partial charge in [-0.3, -0.25) is 4.98 Å². The number of nitrogens with one attached hydrogen (secondary N) is 1. The Balaban J connectivity index is 2.19. The first-order chi connectivity index (χ1) is 9.38. The molecular weight excluding hydrogens is 250 g/mol. The first kappa shape index (κ1) is 14.7. The molecule has 0 aliphatic carbocycles. The maximum atomic E-state index is 5.52. The number of hydrogen-bond donors (Lipinski definition) is 1. The van der Waals surface area contributed by atoms with Crippen LogP contribution in [0.5, 0.6) is 0 Å². The van der Waals surface area contributed by atoms with Crippen LogP contribution in [0.1, 0.15) is 49.7 Å². The number of oxazole rings is 1. The Morgan fingerprint density at radius 1 is 1.25 bits per heavy atom. The second-order valence-corrected chi connectivity index (χ2v) is 6.23. The summed E-state index contributed by atoms with van der Waals surface area (Å²) in [6.07, 6.45) is 3.62. The van der Waals surface area contributed by atoms with Crippen LogP contribution in [0.2, 0.25) is 0 Å². The van der Waals surface area contributed by atoms with E-state index in [-0.39, 0.29) is 11.5 Å². The fraction of sp³-hybridized carbons (Fsp3) is 0.500. The predicted molar refractivity (Wildman–Crippen MR) is 79.2 cm³/mol. The van der Waals surface area contributed by atoms with Crippen molar-refractivity contribution in [3.05, 3.63) is 47.4 Å². The highest BCUT2D eigenvalue weighted by atomic mass is 16.4. The number of pyridine rings is 1. The number of hydrogen-bond acceptors (Lipinski definition) is 4. The Morgan fingerprint density at radius 3 is 2.55 bits per heavy atom. The van der Waals surface area contributed by atoms with Gasteiger partial charge in [-0.1, -0.05) is 26.8 Å². The van der Waals surface area contributed by atoms with Crippen molar-refractivity contribution in [3.63, 3.8) is 0 Å². The first-order valence-corrected chi connectivity index (χ1v) is 6.94. The van der Waals surface area contributed by atoms with Crippen LogP contribution in [0.15, 0.2) is 28.9 Å². The Labute approximate surface area is 120 Å². The van der Waals surface area contributed by atoms with Crippen molar-refractivity contribution < 1.29 is 4.42 Å². The zero-order valence-electron chi connectivity index (χ0n) is 12.9. The third-order valence-corrected chi connectivity index (χ3v) is 3.34. The van der Waals surface area contributed by atoms with Crippen molar-refractivity contribution in [3.8, 4) is 0 Å². The molecule has 1 unspecified atom stereocenters. The summed E-state index contributed by atoms with van der Waals surface area (Å²) in [6, 6.07) is 4.23. The van der Waals surface area contributed by atoms with E-state index in [0.717, 1.165) is 11.5 Å². The average Bonchev–Trinajstić information content (AvgIpc) is 2.76. The minimum Gasteiger partial charge on any atom is -0.445 e. The summed E-state index contributed by atoms with van der Waals surface area (Å²) in [5.74, 6) is 1.55. The summed E-state index contributed by atoms with van der Waals surface area (Å²) in [4.78, 5) is 8.68. The first-order valence-electron chi connectivity index (χ1n) is 6.94. The van der Waals surface area contributed by atoms with Crippen LogP contribution in [0.25, 0.3) is 0 Å². The van der Waals surface area contributed by atoms with Crippen molar-refractivity contribution >= 4 is 0 Å². The summed E-state index contributed by atoms with van der Waals surface area (Å²) in [5, 5.41) is 3.55. The van der Waals surface area contributed by atoms with Crippen LogP contribution < -0.4 is 5.32 Å². The van der Waals surface area contributed by atoms with Crippen LogP contribution >= 0.6 is 0 Å². The summed E-state index contributed by atoms with van der Waals surface area (Å²) >= 11 is 0. The fourth-order valence-corrected chi connectivity index (χ4v) is 2.30. The number of rotatable bonds is 4. The van der Waals surface area contributed by atoms with Gasteiger partial charge in [0.05, 0.1) is 24.5 Å². The molecule has 1 N–H and O–H groups in total. The van der Waals surface area contributed by atoms with Crippen LogP contribution in [-0.2, 0) is 6.54 Å². The molecule has 0 bridgehead atoms. The van der Waals surface area contributed by atoms with Crippen molar-refractivity contribution in [2.75, 3.05) is 0 Å². The largest absolute Gasteiger partial charge is 0.445 e. The summed E-state index contributed by atoms with van der Waals surface area (Å²) in [7, 11) is 0. The van der Waals surface area contributed by atoms with Gasteiger partial charge in [-0.25, -0.2) is 4.98 Å². The van der Waals surface area contributed by atoms with E-state index in [1.807, 2.05) is 19.2 Å². The lowest BCUT2D eigenvalue weighted by Gasteiger charge is -2.32. The van der Waals surface area contributed by atoms with E-state index in [4.69, 9.17) is 4.42 Å². The molecule has 108 valence electrons. The van der Waals surface area contributed by atoms with Crippen LogP contribution in [0.3, 0.4) is 0 Å². The average molecular weight is 273 g/mol. The minimum atomic E-state index is 0.0637. The highest BCUT2D eigenvalue weighted by Crippen LogP contribution is 2.33. The van der Waals surface area contributed by atoms with Gasteiger partial charge in [0, 0.05) is 13.1 Å². The highest BCUT2D eigenvalue weighted by Gasteiger charge is 2.28. The van der Waals surface area contributed by atoms with Gasteiger partial charge in [0.1, 0.15) is 5.76 Å². The second-order valence-electron chi connectivity index (χ2n) is 6.23. The molecule has 0 amide bonds. The molecule has 2 heterocycles. The van der Waals surface area contributed by atoms with Crippen LogP contribution in [-0.4, -0.2) is 9.97 Å². The maximum Gasteiger partial charge on any atom is 0.191 e. The van der Waals surface area contributed by atoms with Gasteiger partial charge < -0.3 is 9.73 Å². The van der Waals surface area contributed by atoms with Gasteiger partial charge in [-0.15, -0.1) is 0 Å². The lowest BCUT2D eigenvalue weighted by atomic mass is 9.83. The highest BCUT2D eigenvalue weighted by molar-refractivity contribution is 5.22. The minimum absolute atomic E-state index is 0.0637. The van der Waals surface area contributed by atoms with Gasteiger partial charge in [0.25, 0.3) is 0 Å². The predicted octanol–water partition coefficient (Wildman–Crippen LogP) is 3.56. The topological polar surface area (TPSA) is 51.0 Å². The van der Waals surface area contributed by atoms with Crippen molar-refractivity contribution in [2.45, 2.75) is 47.2 Å². The summed E-state index contributed by atoms with van der Waals surface area (Å²) < 4.78 is 5.52. The molecule has 4 nitrogen and oxygen atoms in total. The van der Waals surface area contributed by atoms with Crippen molar-refractivity contribution in [2.24, 2.45) is 5.41 Å². The lowest BCUT2D eigenvalue weighted by molar-refractivity contribution is 0.258. The van der Waals surface area contributed by atoms with Crippen molar-refractivity contribution in [1.82, 2.24) is 15.3 Å². The molecule has 0 spiro atoms. The van der Waals surface area contributed by atoms with E-state index in [1.165, 1.54) is 5.56 Å². The van der Waals surface area contributed by atoms with Gasteiger partial charge in [0.15, 0.2) is 5.89 Å². The second kappa shape index (κ2) is 5.75. The van der Waals surface area contributed by atoms with Crippen LogP contribution in [0.4, 0.5) is 0 Å². The smallest absolute Gasteiger partial charge is 0.191 e. The SMILES string of the molecule is Cc1ncc(CNC(c2ncccc2C)C(C)(C)C)o1. The normalized spacial score (nSPS) is 13.4.